The first-order valence-corrected chi connectivity index (χ1v) is 12.7. The Morgan fingerprint density at radius 2 is 1.66 bits per heavy atom. The summed E-state index contributed by atoms with van der Waals surface area (Å²) in [6.45, 7) is 6.32. The molecule has 3 rings (SSSR count). The number of amides is 2. The lowest BCUT2D eigenvalue weighted by molar-refractivity contribution is -0.142. The first-order chi connectivity index (χ1) is 16.8. The third kappa shape index (κ3) is 7.58. The summed E-state index contributed by atoms with van der Waals surface area (Å²) < 4.78 is 6.91. The fourth-order valence-corrected chi connectivity index (χ4v) is 4.34. The van der Waals surface area contributed by atoms with Gasteiger partial charge in [-0.25, -0.2) is 0 Å². The molecule has 3 aromatic rings. The van der Waals surface area contributed by atoms with Crippen LogP contribution < -0.4 is 10.1 Å². The van der Waals surface area contributed by atoms with Crippen molar-refractivity contribution in [2.24, 2.45) is 0 Å². The largest absolute Gasteiger partial charge is 0.484 e. The summed E-state index contributed by atoms with van der Waals surface area (Å²) >= 11 is 9.76. The first kappa shape index (κ1) is 26.8. The molecule has 184 valence electrons. The molecule has 2 amide bonds. The maximum atomic E-state index is 13.6. The lowest BCUT2D eigenvalue weighted by Gasteiger charge is -2.31. The number of rotatable bonds is 10. The summed E-state index contributed by atoms with van der Waals surface area (Å²) in [6.07, 6.45) is 0.384. The van der Waals surface area contributed by atoms with Gasteiger partial charge in [0.15, 0.2) is 6.61 Å². The van der Waals surface area contributed by atoms with Gasteiger partial charge in [0.25, 0.3) is 5.91 Å². The van der Waals surface area contributed by atoms with Gasteiger partial charge >= 0.3 is 0 Å². The van der Waals surface area contributed by atoms with E-state index in [0.29, 0.717) is 23.7 Å². The molecule has 5 nitrogen and oxygen atoms in total. The monoisotopic (exact) mass is 556 g/mol. The van der Waals surface area contributed by atoms with E-state index in [2.05, 4.69) is 21.2 Å². The van der Waals surface area contributed by atoms with Crippen LogP contribution in [0.15, 0.2) is 71.2 Å². The predicted octanol–water partition coefficient (Wildman–Crippen LogP) is 5.87. The summed E-state index contributed by atoms with van der Waals surface area (Å²) in [4.78, 5) is 28.3. The predicted molar refractivity (Wildman–Crippen MR) is 144 cm³/mol. The van der Waals surface area contributed by atoms with E-state index >= 15 is 0 Å². The van der Waals surface area contributed by atoms with Gasteiger partial charge in [0.05, 0.1) is 0 Å². The van der Waals surface area contributed by atoms with Crippen molar-refractivity contribution in [1.82, 2.24) is 10.2 Å². The highest BCUT2D eigenvalue weighted by atomic mass is 79.9. The minimum Gasteiger partial charge on any atom is -0.484 e. The zero-order valence-electron chi connectivity index (χ0n) is 20.2. The minimum atomic E-state index is -0.708. The van der Waals surface area contributed by atoms with E-state index in [1.165, 1.54) is 0 Å². The zero-order valence-corrected chi connectivity index (χ0v) is 22.5. The second-order valence-electron chi connectivity index (χ2n) is 8.41. The fraction of sp³-hybridized carbons (Fsp3) is 0.286. The molecule has 3 aromatic carbocycles. The van der Waals surface area contributed by atoms with E-state index in [0.717, 1.165) is 26.7 Å². The fourth-order valence-electron chi connectivity index (χ4n) is 3.90. The lowest BCUT2D eigenvalue weighted by Crippen LogP contribution is -2.51. The van der Waals surface area contributed by atoms with Crippen LogP contribution in [0.5, 0.6) is 5.75 Å². The second kappa shape index (κ2) is 12.8. The highest BCUT2D eigenvalue weighted by molar-refractivity contribution is 9.10. The van der Waals surface area contributed by atoms with E-state index in [1.807, 2.05) is 75.4 Å². The number of ether oxygens (including phenoxy) is 1. The Balaban J connectivity index is 1.90. The summed E-state index contributed by atoms with van der Waals surface area (Å²) in [5.74, 6) is 0.120. The number of nitrogens with one attached hydrogen (secondary N) is 1. The Bertz CT molecular complexity index is 1150. The molecule has 1 atom stereocenters. The van der Waals surface area contributed by atoms with Crippen LogP contribution in [0, 0.1) is 13.8 Å². The quantitative estimate of drug-likeness (QED) is 0.339. The third-order valence-corrected chi connectivity index (χ3v) is 7.12. The molecule has 0 aliphatic heterocycles. The van der Waals surface area contributed by atoms with Crippen LogP contribution in [0.1, 0.15) is 29.2 Å². The summed E-state index contributed by atoms with van der Waals surface area (Å²) in [7, 11) is 0. The van der Waals surface area contributed by atoms with Crippen molar-refractivity contribution in [3.63, 3.8) is 0 Å². The Labute approximate surface area is 220 Å². The van der Waals surface area contributed by atoms with Crippen molar-refractivity contribution >= 4 is 39.3 Å². The van der Waals surface area contributed by atoms with Gasteiger partial charge in [-0.3, -0.25) is 9.59 Å². The van der Waals surface area contributed by atoms with Crippen molar-refractivity contribution in [3.05, 3.63) is 98.5 Å². The van der Waals surface area contributed by atoms with Crippen molar-refractivity contribution in [3.8, 4) is 5.75 Å². The molecule has 0 aliphatic rings. The van der Waals surface area contributed by atoms with Crippen molar-refractivity contribution in [2.75, 3.05) is 13.2 Å². The van der Waals surface area contributed by atoms with E-state index in [9.17, 15) is 9.59 Å². The first-order valence-electron chi connectivity index (χ1n) is 11.5. The van der Waals surface area contributed by atoms with Gasteiger partial charge in [0.2, 0.25) is 5.91 Å². The van der Waals surface area contributed by atoms with Gasteiger partial charge in [-0.1, -0.05) is 70.0 Å². The molecule has 0 bridgehead atoms. The van der Waals surface area contributed by atoms with Gasteiger partial charge < -0.3 is 15.0 Å². The molecule has 0 unspecified atom stereocenters. The number of benzene rings is 3. The Morgan fingerprint density at radius 3 is 2.29 bits per heavy atom. The summed E-state index contributed by atoms with van der Waals surface area (Å²) in [6, 6.07) is 20.1. The smallest absolute Gasteiger partial charge is 0.261 e. The van der Waals surface area contributed by atoms with Crippen LogP contribution in [-0.2, 0) is 22.6 Å². The number of carbonyl (C=O) groups is 2. The Hall–Kier alpha value is -2.83. The Morgan fingerprint density at radius 1 is 1.00 bits per heavy atom. The average molecular weight is 558 g/mol. The molecule has 0 aromatic heterocycles. The van der Waals surface area contributed by atoms with E-state index in [4.69, 9.17) is 16.3 Å². The number of aryl methyl sites for hydroxylation is 2. The number of nitrogens with zero attached hydrogens (tertiary/aromatic N) is 1. The minimum absolute atomic E-state index is 0.189. The zero-order chi connectivity index (χ0) is 25.4. The SMILES string of the molecule is CCNC(=O)[C@@H](Cc1ccccc1)N(Cc1cccc(Cl)c1)C(=O)COc1cc(C)c(Br)c(C)c1. The highest BCUT2D eigenvalue weighted by Gasteiger charge is 2.30. The number of hydrogen-bond donors (Lipinski definition) is 1. The highest BCUT2D eigenvalue weighted by Crippen LogP contribution is 2.26. The maximum Gasteiger partial charge on any atom is 0.261 e. The molecule has 0 fully saturated rings. The van der Waals surface area contributed by atoms with Crippen molar-refractivity contribution in [1.29, 1.82) is 0 Å². The molecule has 0 spiro atoms. The van der Waals surface area contributed by atoms with Gasteiger partial charge in [0.1, 0.15) is 11.8 Å². The van der Waals surface area contributed by atoms with Gasteiger partial charge in [-0.2, -0.15) is 0 Å². The van der Waals surface area contributed by atoms with Crippen LogP contribution >= 0.6 is 27.5 Å². The molecule has 35 heavy (non-hydrogen) atoms. The van der Waals surface area contributed by atoms with Crippen LogP contribution in [0.25, 0.3) is 0 Å². The Kier molecular flexibility index (Phi) is 9.75. The molecule has 0 aliphatic carbocycles. The second-order valence-corrected chi connectivity index (χ2v) is 9.64. The number of likely N-dealkylation sites (N-methyl/N-ethyl adjacent to an activating group) is 1. The standard InChI is InChI=1S/C28H30BrClN2O3/c1-4-31-28(34)25(16-21-9-6-5-7-10-21)32(17-22-11-8-12-23(30)15-22)26(33)18-35-24-13-19(2)27(29)20(3)14-24/h5-15,25H,4,16-18H2,1-3H3,(H,31,34)/t25-/m1/s1. The van der Waals surface area contributed by atoms with Crippen LogP contribution in [0.2, 0.25) is 5.02 Å². The van der Waals surface area contributed by atoms with Crippen molar-refractivity contribution in [2.45, 2.75) is 39.8 Å². The van der Waals surface area contributed by atoms with E-state index in [1.54, 1.807) is 17.0 Å². The number of carbonyl (C=O) groups excluding carboxylic acids is 2. The van der Waals surface area contributed by atoms with Gasteiger partial charge in [-0.15, -0.1) is 0 Å². The average Bonchev–Trinajstić information content (AvgIpc) is 2.84. The van der Waals surface area contributed by atoms with Crippen LogP contribution in [0.3, 0.4) is 0 Å². The van der Waals surface area contributed by atoms with Gasteiger partial charge in [-0.05, 0) is 67.3 Å². The lowest BCUT2D eigenvalue weighted by atomic mass is 10.0. The molecule has 0 radical (unpaired) electrons. The topological polar surface area (TPSA) is 58.6 Å². The molecule has 1 N–H and O–H groups in total. The van der Waals surface area contributed by atoms with E-state index < -0.39 is 6.04 Å². The van der Waals surface area contributed by atoms with E-state index in [-0.39, 0.29) is 25.0 Å². The number of hydrogen-bond acceptors (Lipinski definition) is 3. The molecule has 7 heteroatoms. The van der Waals surface area contributed by atoms with Crippen LogP contribution in [-0.4, -0.2) is 35.9 Å². The molecule has 0 heterocycles. The molecule has 0 saturated carbocycles. The molecular weight excluding hydrogens is 528 g/mol. The summed E-state index contributed by atoms with van der Waals surface area (Å²) in [5.41, 5.74) is 3.84. The molecular formula is C28H30BrClN2O3. The maximum absolute atomic E-state index is 13.6. The summed E-state index contributed by atoms with van der Waals surface area (Å²) in [5, 5.41) is 3.46. The number of halogens is 2. The normalized spacial score (nSPS) is 11.6. The van der Waals surface area contributed by atoms with Gasteiger partial charge in [0, 0.05) is 29.0 Å². The third-order valence-electron chi connectivity index (χ3n) is 5.64. The molecule has 0 saturated heterocycles. The van der Waals surface area contributed by atoms with Crippen LogP contribution in [0.4, 0.5) is 0 Å². The van der Waals surface area contributed by atoms with Crippen molar-refractivity contribution < 1.29 is 14.3 Å².